The maximum Gasteiger partial charge on any atom is 0.164 e. The highest BCUT2D eigenvalue weighted by molar-refractivity contribution is 6.21. The zero-order chi connectivity index (χ0) is 36.7. The molecule has 0 saturated carbocycles. The minimum absolute atomic E-state index is 0.572. The molecule has 3 heterocycles. The van der Waals surface area contributed by atoms with Gasteiger partial charge in [-0.15, -0.1) is 0 Å². The summed E-state index contributed by atoms with van der Waals surface area (Å²) >= 11 is 0. The van der Waals surface area contributed by atoms with Crippen LogP contribution in [0.25, 0.3) is 121 Å². The van der Waals surface area contributed by atoms with Gasteiger partial charge in [0.05, 0.1) is 0 Å². The fourth-order valence-electron chi connectivity index (χ4n) is 8.54. The van der Waals surface area contributed by atoms with Crippen molar-refractivity contribution in [3.05, 3.63) is 176 Å². The van der Waals surface area contributed by atoms with Crippen LogP contribution in [-0.4, -0.2) is 15.0 Å². The number of nitrogens with zero attached hydrogens (tertiary/aromatic N) is 3. The van der Waals surface area contributed by atoms with E-state index in [0.29, 0.717) is 17.5 Å². The van der Waals surface area contributed by atoms with E-state index in [1.54, 1.807) is 0 Å². The summed E-state index contributed by atoms with van der Waals surface area (Å²) in [6, 6.07) is 60.8. The molecule has 0 radical (unpaired) electrons. The van der Waals surface area contributed by atoms with Crippen LogP contribution in [0.3, 0.4) is 0 Å². The van der Waals surface area contributed by atoms with Gasteiger partial charge < -0.3 is 8.83 Å². The summed E-state index contributed by atoms with van der Waals surface area (Å²) in [5.41, 5.74) is 7.88. The summed E-state index contributed by atoms with van der Waals surface area (Å²) in [5, 5.41) is 10.9. The van der Waals surface area contributed by atoms with Crippen molar-refractivity contribution in [1.82, 2.24) is 15.0 Å². The van der Waals surface area contributed by atoms with Crippen LogP contribution < -0.4 is 0 Å². The Kier molecular flexibility index (Phi) is 6.56. The number of rotatable bonds is 4. The summed E-state index contributed by atoms with van der Waals surface area (Å²) in [6.07, 6.45) is 0. The summed E-state index contributed by atoms with van der Waals surface area (Å²) < 4.78 is 13.6. The molecule has 0 aliphatic heterocycles. The van der Waals surface area contributed by atoms with Crippen LogP contribution in [-0.2, 0) is 0 Å². The summed E-state index contributed by atoms with van der Waals surface area (Å²) in [7, 11) is 0. The molecule has 0 atom stereocenters. The summed E-state index contributed by atoms with van der Waals surface area (Å²) in [4.78, 5) is 15.7. The van der Waals surface area contributed by atoms with Gasteiger partial charge >= 0.3 is 0 Å². The van der Waals surface area contributed by atoms with Gasteiger partial charge in [-0.1, -0.05) is 146 Å². The van der Waals surface area contributed by atoms with Gasteiger partial charge in [0.25, 0.3) is 0 Å². The van der Waals surface area contributed by atoms with Gasteiger partial charge in [-0.2, -0.15) is 0 Å². The molecular formula is C51H29N3O2. The Labute approximate surface area is 320 Å². The highest BCUT2D eigenvalue weighted by atomic mass is 16.3. The van der Waals surface area contributed by atoms with Crippen LogP contribution in [0.5, 0.6) is 0 Å². The molecule has 0 spiro atoms. The molecule has 0 saturated heterocycles. The Morgan fingerprint density at radius 2 is 0.911 bits per heavy atom. The van der Waals surface area contributed by atoms with Gasteiger partial charge in [-0.05, 0) is 57.3 Å². The molecular weight excluding hydrogens is 687 g/mol. The van der Waals surface area contributed by atoms with E-state index in [0.717, 1.165) is 98.6 Å². The van der Waals surface area contributed by atoms with Gasteiger partial charge in [0.2, 0.25) is 0 Å². The Bertz CT molecular complexity index is 3550. The predicted molar refractivity (Wildman–Crippen MR) is 229 cm³/mol. The lowest BCUT2D eigenvalue weighted by Crippen LogP contribution is -2.01. The van der Waals surface area contributed by atoms with Crippen LogP contribution in [0.15, 0.2) is 185 Å². The van der Waals surface area contributed by atoms with Gasteiger partial charge in [-0.25, -0.2) is 15.0 Å². The standard InChI is InChI=1S/C51H29N3O2/c1-2-14-31(15-3-1)49-52-50(54-51(53-49)43-29-32-16-5-6-17-33(32)35-19-8-9-20-36(35)43)42-28-27-40(48-45(42)41-21-10-11-24-44(41)55-48)38-23-12-22-37-39-26-25-30-13-4-7-18-34(30)46(39)56-47(37)38/h1-29H. The Morgan fingerprint density at radius 1 is 0.304 bits per heavy atom. The molecule has 0 bridgehead atoms. The number of benzene rings is 9. The molecule has 0 aliphatic rings. The Hall–Kier alpha value is -7.63. The van der Waals surface area contributed by atoms with Crippen molar-refractivity contribution in [2.24, 2.45) is 0 Å². The van der Waals surface area contributed by atoms with Crippen LogP contribution in [0.4, 0.5) is 0 Å². The SMILES string of the molecule is c1ccc(-c2nc(-c3cc4ccccc4c4ccccc34)nc(-c3ccc(-c4cccc5c4oc4c6ccccc6ccc54)c4oc5ccccc5c34)n2)cc1. The number of fused-ring (bicyclic) bond motifs is 11. The highest BCUT2D eigenvalue weighted by Gasteiger charge is 2.23. The first-order valence-corrected chi connectivity index (χ1v) is 18.8. The smallest absolute Gasteiger partial charge is 0.164 e. The van der Waals surface area contributed by atoms with Crippen molar-refractivity contribution in [3.63, 3.8) is 0 Å². The molecule has 0 fully saturated rings. The molecule has 260 valence electrons. The fraction of sp³-hybridized carbons (Fsp3) is 0. The first kappa shape index (κ1) is 30.8. The van der Waals surface area contributed by atoms with Crippen LogP contribution >= 0.6 is 0 Å². The summed E-state index contributed by atoms with van der Waals surface area (Å²) in [5.74, 6) is 1.79. The molecule has 9 aromatic carbocycles. The van der Waals surface area contributed by atoms with Gasteiger partial charge in [0, 0.05) is 54.7 Å². The number of aromatic nitrogens is 3. The molecule has 0 N–H and O–H groups in total. The quantitative estimate of drug-likeness (QED) is 0.170. The molecule has 12 aromatic rings. The van der Waals surface area contributed by atoms with E-state index < -0.39 is 0 Å². The van der Waals surface area contributed by atoms with Crippen molar-refractivity contribution in [2.45, 2.75) is 0 Å². The Balaban J connectivity index is 1.14. The molecule has 0 amide bonds. The summed E-state index contributed by atoms with van der Waals surface area (Å²) in [6.45, 7) is 0. The second-order valence-electron chi connectivity index (χ2n) is 14.3. The maximum atomic E-state index is 6.82. The lowest BCUT2D eigenvalue weighted by atomic mass is 9.96. The van der Waals surface area contributed by atoms with Crippen molar-refractivity contribution < 1.29 is 8.83 Å². The van der Waals surface area contributed by atoms with Gasteiger partial charge in [-0.3, -0.25) is 0 Å². The van der Waals surface area contributed by atoms with Crippen LogP contribution in [0.1, 0.15) is 0 Å². The van der Waals surface area contributed by atoms with E-state index in [2.05, 4.69) is 127 Å². The number of furan rings is 2. The van der Waals surface area contributed by atoms with E-state index in [9.17, 15) is 0 Å². The van der Waals surface area contributed by atoms with Crippen LogP contribution in [0.2, 0.25) is 0 Å². The Morgan fingerprint density at radius 3 is 1.77 bits per heavy atom. The van der Waals surface area contributed by atoms with Crippen molar-refractivity contribution in [2.75, 3.05) is 0 Å². The zero-order valence-electron chi connectivity index (χ0n) is 29.9. The van der Waals surface area contributed by atoms with E-state index >= 15 is 0 Å². The lowest BCUT2D eigenvalue weighted by Gasteiger charge is -2.13. The molecule has 3 aromatic heterocycles. The monoisotopic (exact) mass is 715 g/mol. The normalized spacial score (nSPS) is 11.9. The molecule has 56 heavy (non-hydrogen) atoms. The third-order valence-electron chi connectivity index (χ3n) is 11.1. The second-order valence-corrected chi connectivity index (χ2v) is 14.3. The number of hydrogen-bond acceptors (Lipinski definition) is 5. The largest absolute Gasteiger partial charge is 0.455 e. The van der Waals surface area contributed by atoms with Gasteiger partial charge in [0.1, 0.15) is 22.3 Å². The van der Waals surface area contributed by atoms with Crippen LogP contribution in [0, 0.1) is 0 Å². The first-order chi connectivity index (χ1) is 27.8. The van der Waals surface area contributed by atoms with Crippen molar-refractivity contribution in [1.29, 1.82) is 0 Å². The number of para-hydroxylation sites is 2. The predicted octanol–water partition coefficient (Wildman–Crippen LogP) is 13.8. The number of hydrogen-bond donors (Lipinski definition) is 0. The maximum absolute atomic E-state index is 6.82. The van der Waals surface area contributed by atoms with E-state index in [1.165, 1.54) is 5.39 Å². The minimum atomic E-state index is 0.572. The van der Waals surface area contributed by atoms with Gasteiger partial charge in [0.15, 0.2) is 17.5 Å². The molecule has 0 aliphatic carbocycles. The lowest BCUT2D eigenvalue weighted by molar-refractivity contribution is 0.666. The van der Waals surface area contributed by atoms with E-state index in [-0.39, 0.29) is 0 Å². The fourth-order valence-corrected chi connectivity index (χ4v) is 8.54. The van der Waals surface area contributed by atoms with Crippen molar-refractivity contribution >= 4 is 76.2 Å². The molecule has 5 heteroatoms. The average molecular weight is 716 g/mol. The zero-order valence-corrected chi connectivity index (χ0v) is 29.9. The van der Waals surface area contributed by atoms with E-state index in [1.807, 2.05) is 48.5 Å². The topological polar surface area (TPSA) is 65.0 Å². The molecule has 12 rings (SSSR count). The van der Waals surface area contributed by atoms with Crippen molar-refractivity contribution in [3.8, 4) is 45.3 Å². The molecule has 5 nitrogen and oxygen atoms in total. The third kappa shape index (κ3) is 4.58. The first-order valence-electron chi connectivity index (χ1n) is 18.8. The highest BCUT2D eigenvalue weighted by Crippen LogP contribution is 2.45. The minimum Gasteiger partial charge on any atom is -0.455 e. The second kappa shape index (κ2) is 11.9. The average Bonchev–Trinajstić information content (AvgIpc) is 3.86. The third-order valence-corrected chi connectivity index (χ3v) is 11.1. The molecule has 0 unspecified atom stereocenters. The van der Waals surface area contributed by atoms with E-state index in [4.69, 9.17) is 23.8 Å².